The van der Waals surface area contributed by atoms with Gasteiger partial charge in [-0.05, 0) is 36.4 Å². The number of carbonyl (C=O) groups excluding carboxylic acids is 1. The van der Waals surface area contributed by atoms with Gasteiger partial charge in [-0.15, -0.1) is 0 Å². The molecule has 0 atom stereocenters. The highest BCUT2D eigenvalue weighted by Gasteiger charge is 2.17. The summed E-state index contributed by atoms with van der Waals surface area (Å²) < 4.78 is 10.9. The fraction of sp³-hybridized carbons (Fsp3) is 0.0455. The van der Waals surface area contributed by atoms with E-state index in [2.05, 4.69) is 10.3 Å². The molecule has 3 rings (SSSR count). The number of nitrogens with one attached hydrogen (secondary N) is 1. The van der Waals surface area contributed by atoms with Crippen LogP contribution < -0.4 is 10.1 Å². The van der Waals surface area contributed by atoms with Crippen molar-refractivity contribution < 1.29 is 14.3 Å². The van der Waals surface area contributed by atoms with Crippen molar-refractivity contribution in [3.63, 3.8) is 0 Å². The number of amides is 2. The van der Waals surface area contributed by atoms with Crippen molar-refractivity contribution in [2.24, 2.45) is 4.99 Å². The number of ether oxygens (including phenoxy) is 2. The van der Waals surface area contributed by atoms with Crippen LogP contribution in [0.5, 0.6) is 11.5 Å². The Balaban J connectivity index is 1.82. The molecule has 0 bridgehead atoms. The second kappa shape index (κ2) is 11.0. The molecule has 0 aliphatic carbocycles. The molecule has 2 amide bonds. The van der Waals surface area contributed by atoms with Crippen molar-refractivity contribution in [1.82, 2.24) is 0 Å². The molecule has 0 aromatic heterocycles. The topological polar surface area (TPSA) is 83.7 Å². The van der Waals surface area contributed by atoms with Gasteiger partial charge in [-0.1, -0.05) is 64.1 Å². The quantitative estimate of drug-likeness (QED) is 0.265. The number of urea groups is 1. The molecule has 0 aliphatic rings. The summed E-state index contributed by atoms with van der Waals surface area (Å²) in [6.45, 7) is 0. The van der Waals surface area contributed by atoms with Gasteiger partial charge in [0.05, 0.1) is 43.3 Å². The van der Waals surface area contributed by atoms with Crippen LogP contribution in [0.25, 0.3) is 0 Å². The van der Waals surface area contributed by atoms with Crippen molar-refractivity contribution in [2.45, 2.75) is 0 Å². The standard InChI is InChI=1S/C22H12Cl5N3O3/c1-32-21(19-14(23)3-2-4-15(19)24)30-22(31)29-12-7-17(26)20(18(27)8-12)33-13-6-5-11(10-28)16(25)9-13/h2-9H,1H3,(H,29,31). The zero-order valence-corrected chi connectivity index (χ0v) is 20.4. The monoisotopic (exact) mass is 541 g/mol. The first-order chi connectivity index (χ1) is 15.7. The van der Waals surface area contributed by atoms with Crippen LogP contribution in [-0.4, -0.2) is 19.0 Å². The average molecular weight is 544 g/mol. The SMILES string of the molecule is COC(=NC(=O)Nc1cc(Cl)c(Oc2ccc(C#N)c(Cl)c2)c(Cl)c1)c1c(Cl)cccc1Cl. The molecule has 0 spiro atoms. The molecule has 168 valence electrons. The summed E-state index contributed by atoms with van der Waals surface area (Å²) in [6, 6.07) is 13.4. The highest BCUT2D eigenvalue weighted by atomic mass is 35.5. The summed E-state index contributed by atoms with van der Waals surface area (Å²) in [5, 5.41) is 12.5. The molecule has 0 heterocycles. The smallest absolute Gasteiger partial charge is 0.348 e. The van der Waals surface area contributed by atoms with E-state index in [1.165, 1.54) is 31.4 Å². The van der Waals surface area contributed by atoms with Crippen LogP contribution in [0.2, 0.25) is 25.1 Å². The Hall–Kier alpha value is -2.66. The highest BCUT2D eigenvalue weighted by Crippen LogP contribution is 2.39. The minimum absolute atomic E-state index is 0.0713. The number of anilines is 1. The molecule has 0 aliphatic heterocycles. The predicted octanol–water partition coefficient (Wildman–Crippen LogP) is 8.24. The van der Waals surface area contributed by atoms with Gasteiger partial charge in [0.25, 0.3) is 0 Å². The number of hydrogen-bond acceptors (Lipinski definition) is 4. The van der Waals surface area contributed by atoms with Crippen molar-refractivity contribution in [3.8, 4) is 17.6 Å². The van der Waals surface area contributed by atoms with Crippen LogP contribution in [0.4, 0.5) is 10.5 Å². The molecule has 0 saturated heterocycles. The number of benzene rings is 3. The van der Waals surface area contributed by atoms with E-state index in [0.717, 1.165) is 0 Å². The van der Waals surface area contributed by atoms with E-state index >= 15 is 0 Å². The number of methoxy groups -OCH3 is 1. The molecule has 3 aromatic carbocycles. The number of rotatable bonds is 4. The van der Waals surface area contributed by atoms with Gasteiger partial charge in [-0.2, -0.15) is 10.3 Å². The average Bonchev–Trinajstić information content (AvgIpc) is 2.75. The third-order valence-corrected chi connectivity index (χ3v) is 5.61. The Labute approximate surface area is 214 Å². The molecule has 0 fully saturated rings. The summed E-state index contributed by atoms with van der Waals surface area (Å²) in [7, 11) is 1.33. The van der Waals surface area contributed by atoms with Crippen LogP contribution in [0, 0.1) is 11.3 Å². The van der Waals surface area contributed by atoms with Crippen molar-refractivity contribution in [1.29, 1.82) is 5.26 Å². The summed E-state index contributed by atoms with van der Waals surface area (Å²) in [5.41, 5.74) is 0.831. The first-order valence-electron chi connectivity index (χ1n) is 8.98. The molecular weight excluding hydrogens is 532 g/mol. The molecule has 1 N–H and O–H groups in total. The minimum atomic E-state index is -0.775. The molecule has 0 saturated carbocycles. The van der Waals surface area contributed by atoms with Crippen LogP contribution >= 0.6 is 58.0 Å². The van der Waals surface area contributed by atoms with E-state index < -0.39 is 6.03 Å². The fourth-order valence-corrected chi connectivity index (χ4v) is 3.98. The molecule has 0 radical (unpaired) electrons. The van der Waals surface area contributed by atoms with Gasteiger partial charge in [-0.3, -0.25) is 0 Å². The molecule has 33 heavy (non-hydrogen) atoms. The van der Waals surface area contributed by atoms with Crippen LogP contribution in [-0.2, 0) is 4.74 Å². The Morgan fingerprint density at radius 1 is 0.939 bits per heavy atom. The third-order valence-electron chi connectivity index (χ3n) is 4.10. The molecule has 3 aromatic rings. The predicted molar refractivity (Wildman–Crippen MR) is 132 cm³/mol. The first-order valence-corrected chi connectivity index (χ1v) is 10.9. The van der Waals surface area contributed by atoms with Gasteiger partial charge in [0, 0.05) is 11.8 Å². The normalized spacial score (nSPS) is 11.0. The maximum atomic E-state index is 12.5. The van der Waals surface area contributed by atoms with E-state index in [9.17, 15) is 4.79 Å². The van der Waals surface area contributed by atoms with E-state index in [-0.39, 0.29) is 48.0 Å². The Bertz CT molecular complexity index is 1260. The van der Waals surface area contributed by atoms with Crippen LogP contribution in [0.1, 0.15) is 11.1 Å². The van der Waals surface area contributed by atoms with Gasteiger partial charge in [-0.25, -0.2) is 4.79 Å². The maximum absolute atomic E-state index is 12.5. The van der Waals surface area contributed by atoms with Crippen molar-refractivity contribution >= 4 is 75.6 Å². The van der Waals surface area contributed by atoms with Gasteiger partial charge in [0.2, 0.25) is 5.90 Å². The summed E-state index contributed by atoms with van der Waals surface area (Å²) in [6.07, 6.45) is 0. The zero-order chi connectivity index (χ0) is 24.1. The second-order valence-electron chi connectivity index (χ2n) is 6.27. The number of hydrogen-bond donors (Lipinski definition) is 1. The van der Waals surface area contributed by atoms with Crippen molar-refractivity contribution in [2.75, 3.05) is 12.4 Å². The third kappa shape index (κ3) is 6.02. The number of carbonyl (C=O) groups is 1. The fourth-order valence-electron chi connectivity index (χ4n) is 2.65. The lowest BCUT2D eigenvalue weighted by atomic mass is 10.2. The lowest BCUT2D eigenvalue weighted by Gasteiger charge is -2.13. The van der Waals surface area contributed by atoms with Gasteiger partial charge in [0.1, 0.15) is 11.8 Å². The molecular formula is C22H12Cl5N3O3. The number of nitriles is 1. The number of halogens is 5. The van der Waals surface area contributed by atoms with Crippen LogP contribution in [0.15, 0.2) is 53.5 Å². The Kier molecular flexibility index (Phi) is 8.30. The van der Waals surface area contributed by atoms with Crippen LogP contribution in [0.3, 0.4) is 0 Å². The number of aliphatic imine (C=N–C) groups is 1. The van der Waals surface area contributed by atoms with Gasteiger partial charge < -0.3 is 14.8 Å². The lowest BCUT2D eigenvalue weighted by Crippen LogP contribution is -2.13. The summed E-state index contributed by atoms with van der Waals surface area (Å²) in [4.78, 5) is 16.3. The van der Waals surface area contributed by atoms with Crippen molar-refractivity contribution in [3.05, 3.63) is 84.8 Å². The number of nitrogens with zero attached hydrogens (tertiary/aromatic N) is 2. The second-order valence-corrected chi connectivity index (χ2v) is 8.31. The summed E-state index contributed by atoms with van der Waals surface area (Å²) in [5.74, 6) is 0.393. The highest BCUT2D eigenvalue weighted by molar-refractivity contribution is 6.40. The lowest BCUT2D eigenvalue weighted by molar-refractivity contribution is 0.258. The first kappa shape index (κ1) is 25.0. The van der Waals surface area contributed by atoms with E-state index in [0.29, 0.717) is 11.3 Å². The Morgan fingerprint density at radius 3 is 2.12 bits per heavy atom. The summed E-state index contributed by atoms with van der Waals surface area (Å²) >= 11 is 30.9. The minimum Gasteiger partial charge on any atom is -0.480 e. The molecule has 0 unspecified atom stereocenters. The van der Waals surface area contributed by atoms with Gasteiger partial charge in [0.15, 0.2) is 5.75 Å². The van der Waals surface area contributed by atoms with E-state index in [1.54, 1.807) is 24.3 Å². The zero-order valence-electron chi connectivity index (χ0n) is 16.6. The largest absolute Gasteiger partial charge is 0.480 e. The Morgan fingerprint density at radius 2 is 1.58 bits per heavy atom. The molecule has 6 nitrogen and oxygen atoms in total. The van der Waals surface area contributed by atoms with Gasteiger partial charge >= 0.3 is 6.03 Å². The van der Waals surface area contributed by atoms with E-state index in [1.807, 2.05) is 6.07 Å². The maximum Gasteiger partial charge on any atom is 0.348 e. The van der Waals surface area contributed by atoms with E-state index in [4.69, 9.17) is 72.7 Å². The molecule has 11 heteroatoms.